The van der Waals surface area contributed by atoms with Gasteiger partial charge in [0.05, 0.1) is 0 Å². The average Bonchev–Trinajstić information content (AvgIpc) is 2.77. The summed E-state index contributed by atoms with van der Waals surface area (Å²) in [5, 5.41) is 0. The van der Waals surface area contributed by atoms with Gasteiger partial charge >= 0.3 is 11.7 Å². The van der Waals surface area contributed by atoms with Gasteiger partial charge in [-0.2, -0.15) is 0 Å². The molecule has 2 heterocycles. The number of aromatic nitrogens is 2. The summed E-state index contributed by atoms with van der Waals surface area (Å²) in [5.74, 6) is -0.524. The lowest BCUT2D eigenvalue weighted by molar-refractivity contribution is -0.146. The highest BCUT2D eigenvalue weighted by atomic mass is 19.1. The topological polar surface area (TPSA) is 90.4 Å². The zero-order chi connectivity index (χ0) is 15.6. The molecular weight excluding hydrogens is 283 g/mol. The van der Waals surface area contributed by atoms with Gasteiger partial charge in [-0.3, -0.25) is 19.1 Å². The van der Waals surface area contributed by atoms with E-state index in [1.165, 1.54) is 17.7 Å². The van der Waals surface area contributed by atoms with E-state index in [0.29, 0.717) is 12.0 Å². The van der Waals surface area contributed by atoms with Crippen LogP contribution in [0.5, 0.6) is 0 Å². The van der Waals surface area contributed by atoms with Crippen molar-refractivity contribution in [2.24, 2.45) is 0 Å². The van der Waals surface area contributed by atoms with E-state index in [2.05, 4.69) is 4.98 Å². The molecule has 0 aromatic carbocycles. The van der Waals surface area contributed by atoms with Gasteiger partial charge in [-0.05, 0) is 6.42 Å². The Labute approximate surface area is 119 Å². The standard InChI is InChI=1S/C13H17FN2O5/c1-3-8-5-16(13(19)15-12(8)18)11-4-9(14)10(21-11)6-20-7(2)17/h5,9-11H,3-4,6H2,1-2H3,(H,15,18,19)/t9-,10+,11+/m0/s1. The molecule has 1 saturated heterocycles. The van der Waals surface area contributed by atoms with E-state index < -0.39 is 35.7 Å². The number of hydrogen-bond acceptors (Lipinski definition) is 5. The molecule has 8 heteroatoms. The molecule has 2 rings (SSSR count). The molecular formula is C13H17FN2O5. The fourth-order valence-electron chi connectivity index (χ4n) is 2.20. The predicted molar refractivity (Wildman–Crippen MR) is 70.8 cm³/mol. The van der Waals surface area contributed by atoms with Crippen LogP contribution in [0.4, 0.5) is 4.39 Å². The van der Waals surface area contributed by atoms with Gasteiger partial charge in [-0.25, -0.2) is 9.18 Å². The summed E-state index contributed by atoms with van der Waals surface area (Å²) in [7, 11) is 0. The molecule has 1 N–H and O–H groups in total. The summed E-state index contributed by atoms with van der Waals surface area (Å²) in [6.07, 6.45) is -1.30. The number of alkyl halides is 1. The molecule has 0 unspecified atom stereocenters. The molecule has 1 aromatic heterocycles. The summed E-state index contributed by atoms with van der Waals surface area (Å²) in [6.45, 7) is 2.79. The Balaban J connectivity index is 2.19. The van der Waals surface area contributed by atoms with Gasteiger partial charge in [0.2, 0.25) is 0 Å². The van der Waals surface area contributed by atoms with Gasteiger partial charge in [0.1, 0.15) is 25.1 Å². The number of carbonyl (C=O) groups is 1. The highest BCUT2D eigenvalue weighted by Gasteiger charge is 2.37. The van der Waals surface area contributed by atoms with Crippen LogP contribution in [0, 0.1) is 0 Å². The lowest BCUT2D eigenvalue weighted by Crippen LogP contribution is -2.34. The minimum Gasteiger partial charge on any atom is -0.463 e. The lowest BCUT2D eigenvalue weighted by atomic mass is 10.2. The van der Waals surface area contributed by atoms with E-state index in [1.807, 2.05) is 0 Å². The monoisotopic (exact) mass is 300 g/mol. The number of esters is 1. The third kappa shape index (κ3) is 3.38. The fourth-order valence-corrected chi connectivity index (χ4v) is 2.20. The van der Waals surface area contributed by atoms with E-state index in [4.69, 9.17) is 9.47 Å². The summed E-state index contributed by atoms with van der Waals surface area (Å²) < 4.78 is 25.2. The summed E-state index contributed by atoms with van der Waals surface area (Å²) in [4.78, 5) is 36.2. The zero-order valence-corrected chi connectivity index (χ0v) is 11.8. The van der Waals surface area contributed by atoms with Crippen molar-refractivity contribution in [3.63, 3.8) is 0 Å². The second kappa shape index (κ2) is 6.21. The van der Waals surface area contributed by atoms with Crippen molar-refractivity contribution >= 4 is 5.97 Å². The summed E-state index contributed by atoms with van der Waals surface area (Å²) >= 11 is 0. The SMILES string of the molecule is CCc1cn([C@H]2C[C@H](F)[C@@H](COC(C)=O)O2)c(=O)[nH]c1=O. The molecule has 116 valence electrons. The maximum atomic E-state index is 13.9. The first-order chi connectivity index (χ1) is 9.92. The van der Waals surface area contributed by atoms with E-state index in [0.717, 1.165) is 0 Å². The van der Waals surface area contributed by atoms with Crippen LogP contribution in [0.2, 0.25) is 0 Å². The molecule has 21 heavy (non-hydrogen) atoms. The molecule has 1 aliphatic heterocycles. The fraction of sp³-hybridized carbons (Fsp3) is 0.615. The van der Waals surface area contributed by atoms with Crippen LogP contribution in [0.1, 0.15) is 32.1 Å². The van der Waals surface area contributed by atoms with Gasteiger partial charge in [0.15, 0.2) is 0 Å². The zero-order valence-electron chi connectivity index (χ0n) is 11.8. The normalized spacial score (nSPS) is 25.0. The maximum absolute atomic E-state index is 13.9. The molecule has 0 saturated carbocycles. The van der Waals surface area contributed by atoms with Crippen LogP contribution >= 0.6 is 0 Å². The Morgan fingerprint density at radius 1 is 1.57 bits per heavy atom. The van der Waals surface area contributed by atoms with Crippen LogP contribution in [0.15, 0.2) is 15.8 Å². The number of nitrogens with zero attached hydrogens (tertiary/aromatic N) is 1. The Morgan fingerprint density at radius 2 is 2.29 bits per heavy atom. The Bertz CT molecular complexity index is 638. The largest absolute Gasteiger partial charge is 0.463 e. The first kappa shape index (κ1) is 15.4. The van der Waals surface area contributed by atoms with Crippen molar-refractivity contribution < 1.29 is 18.7 Å². The third-order valence-corrected chi connectivity index (χ3v) is 3.35. The van der Waals surface area contributed by atoms with Crippen LogP contribution in [-0.2, 0) is 20.7 Å². The van der Waals surface area contributed by atoms with Gasteiger partial charge in [-0.15, -0.1) is 0 Å². The molecule has 1 fully saturated rings. The van der Waals surface area contributed by atoms with Gasteiger partial charge in [-0.1, -0.05) is 6.92 Å². The average molecular weight is 300 g/mol. The lowest BCUT2D eigenvalue weighted by Gasteiger charge is -2.16. The van der Waals surface area contributed by atoms with E-state index >= 15 is 0 Å². The number of hydrogen-bond donors (Lipinski definition) is 1. The van der Waals surface area contributed by atoms with Crippen LogP contribution in [-0.4, -0.2) is 34.4 Å². The second-order valence-corrected chi connectivity index (χ2v) is 4.86. The van der Waals surface area contributed by atoms with Crippen molar-refractivity contribution in [1.82, 2.24) is 9.55 Å². The van der Waals surface area contributed by atoms with Crippen molar-refractivity contribution in [3.8, 4) is 0 Å². The highest BCUT2D eigenvalue weighted by molar-refractivity contribution is 5.65. The van der Waals surface area contributed by atoms with E-state index in [1.54, 1.807) is 6.92 Å². The number of ether oxygens (including phenoxy) is 2. The number of carbonyl (C=O) groups excluding carboxylic acids is 1. The first-order valence-electron chi connectivity index (χ1n) is 6.69. The Kier molecular flexibility index (Phi) is 4.56. The Morgan fingerprint density at radius 3 is 2.90 bits per heavy atom. The van der Waals surface area contributed by atoms with Crippen molar-refractivity contribution in [3.05, 3.63) is 32.6 Å². The van der Waals surface area contributed by atoms with Crippen molar-refractivity contribution in [2.45, 2.75) is 45.2 Å². The van der Waals surface area contributed by atoms with Crippen LogP contribution < -0.4 is 11.2 Å². The minimum absolute atomic E-state index is 0.0406. The first-order valence-corrected chi connectivity index (χ1v) is 6.69. The number of H-pyrrole nitrogens is 1. The minimum atomic E-state index is -1.35. The summed E-state index contributed by atoms with van der Waals surface area (Å²) in [5.41, 5.74) is -0.690. The smallest absolute Gasteiger partial charge is 0.330 e. The molecule has 0 bridgehead atoms. The molecule has 0 amide bonds. The quantitative estimate of drug-likeness (QED) is 0.807. The number of rotatable bonds is 4. The molecule has 0 aliphatic carbocycles. The predicted octanol–water partition coefficient (Wildman–Crippen LogP) is 0.288. The number of nitrogens with one attached hydrogen (secondary N) is 1. The van der Waals surface area contributed by atoms with E-state index in [-0.39, 0.29) is 13.0 Å². The maximum Gasteiger partial charge on any atom is 0.330 e. The van der Waals surface area contributed by atoms with Crippen LogP contribution in [0.3, 0.4) is 0 Å². The van der Waals surface area contributed by atoms with Crippen molar-refractivity contribution in [1.29, 1.82) is 0 Å². The van der Waals surface area contributed by atoms with E-state index in [9.17, 15) is 18.8 Å². The molecule has 0 radical (unpaired) electrons. The molecule has 3 atom stereocenters. The number of aromatic amines is 1. The van der Waals surface area contributed by atoms with Crippen molar-refractivity contribution in [2.75, 3.05) is 6.61 Å². The van der Waals surface area contributed by atoms with Crippen LogP contribution in [0.25, 0.3) is 0 Å². The summed E-state index contributed by atoms with van der Waals surface area (Å²) in [6, 6.07) is 0. The molecule has 1 aromatic rings. The van der Waals surface area contributed by atoms with Gasteiger partial charge in [0, 0.05) is 25.1 Å². The molecule has 7 nitrogen and oxygen atoms in total. The number of halogens is 1. The number of aryl methyl sites for hydroxylation is 1. The van der Waals surface area contributed by atoms with Gasteiger partial charge < -0.3 is 9.47 Å². The third-order valence-electron chi connectivity index (χ3n) is 3.35. The highest BCUT2D eigenvalue weighted by Crippen LogP contribution is 2.30. The Hall–Kier alpha value is -1.96. The molecule has 0 spiro atoms. The second-order valence-electron chi connectivity index (χ2n) is 4.86. The molecule has 1 aliphatic rings. The van der Waals surface area contributed by atoms with Gasteiger partial charge in [0.25, 0.3) is 5.56 Å².